The number of ether oxygens (including phenoxy) is 2. The first-order valence-electron chi connectivity index (χ1n) is 8.49. The molecule has 1 heterocycles. The van der Waals surface area contributed by atoms with Crippen LogP contribution in [-0.4, -0.2) is 30.7 Å². The van der Waals surface area contributed by atoms with Gasteiger partial charge in [-0.15, -0.1) is 0 Å². The summed E-state index contributed by atoms with van der Waals surface area (Å²) in [7, 11) is 0. The van der Waals surface area contributed by atoms with Crippen molar-refractivity contribution in [1.29, 1.82) is 0 Å². The lowest BCUT2D eigenvalue weighted by Gasteiger charge is -2.44. The fraction of sp³-hybridized carbons (Fsp3) is 0.700. The largest absolute Gasteiger partial charge is 0.384 e. The van der Waals surface area contributed by atoms with E-state index in [0.717, 1.165) is 31.6 Å². The molecule has 1 saturated heterocycles. The first-order valence-corrected chi connectivity index (χ1v) is 8.49. The highest BCUT2D eigenvalue weighted by Gasteiger charge is 2.40. The highest BCUT2D eigenvalue weighted by atomic mass is 16.7. The van der Waals surface area contributed by atoms with E-state index < -0.39 is 5.79 Å². The van der Waals surface area contributed by atoms with Crippen LogP contribution < -0.4 is 0 Å². The summed E-state index contributed by atoms with van der Waals surface area (Å²) in [5.41, 5.74) is 2.26. The quantitative estimate of drug-likeness (QED) is 0.613. The summed E-state index contributed by atoms with van der Waals surface area (Å²) >= 11 is 0. The summed E-state index contributed by atoms with van der Waals surface area (Å²) in [6.45, 7) is 14.1. The molecule has 0 aromatic heterocycles. The van der Waals surface area contributed by atoms with Crippen molar-refractivity contribution < 1.29 is 14.6 Å². The number of hydrogen-bond donors (Lipinski definition) is 1. The van der Waals surface area contributed by atoms with Gasteiger partial charge in [-0.05, 0) is 32.3 Å². The summed E-state index contributed by atoms with van der Waals surface area (Å²) in [6, 6.07) is 0. The Hall–Kier alpha value is -1.08. The highest BCUT2D eigenvalue weighted by molar-refractivity contribution is 5.39. The van der Waals surface area contributed by atoms with Crippen LogP contribution in [0, 0.1) is 23.2 Å². The summed E-state index contributed by atoms with van der Waals surface area (Å²) in [5, 5.41) is 8.82. The first kappa shape index (κ1) is 20.0. The molecule has 1 N–H and O–H groups in total. The smallest absolute Gasteiger partial charge is 0.168 e. The van der Waals surface area contributed by atoms with E-state index in [4.69, 9.17) is 14.6 Å². The minimum Gasteiger partial charge on any atom is -0.384 e. The van der Waals surface area contributed by atoms with Crippen molar-refractivity contribution in [2.45, 2.75) is 60.2 Å². The molecule has 1 unspecified atom stereocenters. The lowest BCUT2D eigenvalue weighted by atomic mass is 9.88. The molecule has 0 aromatic carbocycles. The molecule has 130 valence electrons. The maximum absolute atomic E-state index is 8.82. The third-order valence-electron chi connectivity index (χ3n) is 4.39. The van der Waals surface area contributed by atoms with Gasteiger partial charge >= 0.3 is 0 Å². The molecular weight excluding hydrogens is 288 g/mol. The van der Waals surface area contributed by atoms with Crippen LogP contribution in [0.5, 0.6) is 0 Å². The van der Waals surface area contributed by atoms with Crippen LogP contribution >= 0.6 is 0 Å². The third-order valence-corrected chi connectivity index (χ3v) is 4.39. The van der Waals surface area contributed by atoms with Gasteiger partial charge in [0.1, 0.15) is 6.61 Å². The predicted octanol–water partition coefficient (Wildman–Crippen LogP) is 4.08. The van der Waals surface area contributed by atoms with Crippen LogP contribution in [0.1, 0.15) is 54.4 Å². The second kappa shape index (κ2) is 8.68. The fourth-order valence-corrected chi connectivity index (χ4v) is 2.55. The summed E-state index contributed by atoms with van der Waals surface area (Å²) in [5.74, 6) is 5.52. The molecule has 0 radical (unpaired) electrons. The van der Waals surface area contributed by atoms with Crippen molar-refractivity contribution in [3.05, 3.63) is 23.3 Å². The van der Waals surface area contributed by atoms with Gasteiger partial charge in [-0.3, -0.25) is 0 Å². The van der Waals surface area contributed by atoms with Gasteiger partial charge in [0, 0.05) is 17.4 Å². The van der Waals surface area contributed by atoms with E-state index in [1.165, 1.54) is 5.57 Å². The van der Waals surface area contributed by atoms with Gasteiger partial charge < -0.3 is 14.6 Å². The number of hydrogen-bond acceptors (Lipinski definition) is 3. The molecule has 0 aromatic rings. The van der Waals surface area contributed by atoms with Gasteiger partial charge in [0.2, 0.25) is 0 Å². The lowest BCUT2D eigenvalue weighted by molar-refractivity contribution is -0.305. The Labute approximate surface area is 141 Å². The number of aliphatic hydroxyl groups is 1. The zero-order valence-corrected chi connectivity index (χ0v) is 15.5. The molecule has 0 amide bonds. The average molecular weight is 320 g/mol. The molecule has 0 spiro atoms. The van der Waals surface area contributed by atoms with Crippen LogP contribution in [0.25, 0.3) is 0 Å². The summed E-state index contributed by atoms with van der Waals surface area (Å²) in [6.07, 6.45) is 5.74. The molecule has 1 rings (SSSR count). The topological polar surface area (TPSA) is 38.7 Å². The van der Waals surface area contributed by atoms with Crippen LogP contribution in [0.2, 0.25) is 0 Å². The van der Waals surface area contributed by atoms with Crippen molar-refractivity contribution in [2.24, 2.45) is 11.3 Å². The Morgan fingerprint density at radius 3 is 2.39 bits per heavy atom. The van der Waals surface area contributed by atoms with Gasteiger partial charge in [0.25, 0.3) is 0 Å². The highest BCUT2D eigenvalue weighted by Crippen LogP contribution is 2.37. The molecule has 3 heteroatoms. The van der Waals surface area contributed by atoms with Gasteiger partial charge in [-0.25, -0.2) is 0 Å². The Morgan fingerprint density at radius 1 is 1.30 bits per heavy atom. The minimum absolute atomic E-state index is 0.0881. The van der Waals surface area contributed by atoms with Crippen LogP contribution in [0.3, 0.4) is 0 Å². The van der Waals surface area contributed by atoms with Gasteiger partial charge in [-0.2, -0.15) is 0 Å². The molecule has 0 aliphatic carbocycles. The molecule has 1 fully saturated rings. The second-order valence-corrected chi connectivity index (χ2v) is 7.20. The Morgan fingerprint density at radius 2 is 1.91 bits per heavy atom. The van der Waals surface area contributed by atoms with E-state index in [0.29, 0.717) is 5.92 Å². The van der Waals surface area contributed by atoms with E-state index in [9.17, 15) is 0 Å². The molecular formula is C20H32O3. The zero-order chi connectivity index (χ0) is 17.5. The SMILES string of the molecule is CC=C(C#CCO)C=C(C)C(C)CC1(CC)OCC(C)(C)CO1. The number of aliphatic hydroxyl groups excluding tert-OH is 1. The third kappa shape index (κ3) is 6.14. The zero-order valence-electron chi connectivity index (χ0n) is 15.5. The van der Waals surface area contributed by atoms with Crippen molar-refractivity contribution in [1.82, 2.24) is 0 Å². The average Bonchev–Trinajstić information content (AvgIpc) is 2.53. The van der Waals surface area contributed by atoms with Crippen LogP contribution in [0.4, 0.5) is 0 Å². The molecule has 0 bridgehead atoms. The molecule has 1 aliphatic heterocycles. The Kier molecular flexibility index (Phi) is 7.54. The molecule has 1 aliphatic rings. The molecule has 1 atom stereocenters. The van der Waals surface area contributed by atoms with E-state index in [-0.39, 0.29) is 12.0 Å². The fourth-order valence-electron chi connectivity index (χ4n) is 2.55. The Bertz CT molecular complexity index is 493. The minimum atomic E-state index is -0.475. The standard InChI is InChI=1S/C20H32O3/c1-7-18(10-9-11-21)12-16(3)17(4)13-20(8-2)22-14-19(5,6)15-23-20/h7,12,17,21H,8,11,13-15H2,1-6H3. The molecule has 0 saturated carbocycles. The second-order valence-electron chi connectivity index (χ2n) is 7.20. The summed E-state index contributed by atoms with van der Waals surface area (Å²) < 4.78 is 12.2. The van der Waals surface area contributed by atoms with Crippen molar-refractivity contribution >= 4 is 0 Å². The summed E-state index contributed by atoms with van der Waals surface area (Å²) in [4.78, 5) is 0. The molecule has 3 nitrogen and oxygen atoms in total. The normalized spacial score (nSPS) is 22.2. The molecule has 23 heavy (non-hydrogen) atoms. The van der Waals surface area contributed by atoms with Crippen molar-refractivity contribution in [2.75, 3.05) is 19.8 Å². The van der Waals surface area contributed by atoms with Gasteiger partial charge in [-0.1, -0.05) is 51.2 Å². The van der Waals surface area contributed by atoms with Crippen molar-refractivity contribution in [3.63, 3.8) is 0 Å². The predicted molar refractivity (Wildman–Crippen MR) is 94.9 cm³/mol. The van der Waals surface area contributed by atoms with E-state index in [1.807, 2.05) is 13.0 Å². The van der Waals surface area contributed by atoms with Gasteiger partial charge in [0.15, 0.2) is 5.79 Å². The lowest BCUT2D eigenvalue weighted by Crippen LogP contribution is -2.48. The number of rotatable bonds is 5. The van der Waals surface area contributed by atoms with Crippen molar-refractivity contribution in [3.8, 4) is 11.8 Å². The first-order chi connectivity index (χ1) is 10.8. The van der Waals surface area contributed by atoms with Gasteiger partial charge in [0.05, 0.1) is 13.2 Å². The maximum Gasteiger partial charge on any atom is 0.168 e. The Balaban J connectivity index is 2.78. The van der Waals surface area contributed by atoms with Crippen LogP contribution in [0.15, 0.2) is 23.3 Å². The monoisotopic (exact) mass is 320 g/mol. The van der Waals surface area contributed by atoms with E-state index in [2.05, 4.69) is 52.5 Å². The van der Waals surface area contributed by atoms with E-state index in [1.54, 1.807) is 0 Å². The van der Waals surface area contributed by atoms with E-state index >= 15 is 0 Å². The maximum atomic E-state index is 8.82. The number of allylic oxidation sites excluding steroid dienone is 4. The van der Waals surface area contributed by atoms with Crippen LogP contribution in [-0.2, 0) is 9.47 Å².